The number of nitrogens with one attached hydrogen (secondary N) is 5. The Bertz CT molecular complexity index is 4250. The van der Waals surface area contributed by atoms with Crippen molar-refractivity contribution in [2.45, 2.75) is 328 Å². The number of Topliss-reactive ketones (excluding diaryl/α,β-unsaturated/α-hetero) is 1. The molecule has 0 radical (unpaired) electrons. The molecule has 9 heterocycles. The molecule has 1 aliphatic carbocycles. The molecule has 30 N–H and O–H groups in total. The summed E-state index contributed by atoms with van der Waals surface area (Å²) in [6.45, 7) is -6.79. The Labute approximate surface area is 777 Å². The second kappa shape index (κ2) is 48.0. The van der Waals surface area contributed by atoms with Crippen LogP contribution in [-0.2, 0) is 114 Å². The Balaban J connectivity index is 0.821. The summed E-state index contributed by atoms with van der Waals surface area (Å²) in [6.07, 6.45) is -90.2. The number of rotatable bonds is 37. The molecule has 10 aliphatic rings. The van der Waals surface area contributed by atoms with Crippen molar-refractivity contribution in [3.05, 3.63) is 59.7 Å². The van der Waals surface area contributed by atoms with E-state index in [-0.39, 0.29) is 6.61 Å². The van der Waals surface area contributed by atoms with Gasteiger partial charge in [0.2, 0.25) is 23.6 Å². The van der Waals surface area contributed by atoms with E-state index < -0.39 is 402 Å². The number of ketones is 1. The van der Waals surface area contributed by atoms with Gasteiger partial charge in [-0.3, -0.25) is 24.0 Å². The fourth-order valence-corrected chi connectivity index (χ4v) is 18.3. The van der Waals surface area contributed by atoms with Crippen molar-refractivity contribution in [2.24, 2.45) is 0 Å². The molecule has 55 nitrogen and oxygen atoms in total. The number of benzene rings is 2. The number of aliphatic carboxylic acids is 1. The Morgan fingerprint density at radius 2 is 0.620 bits per heavy atom. The third kappa shape index (κ3) is 24.3. The fourth-order valence-electron chi connectivity index (χ4n) is 18.3. The molecule has 12 rings (SSSR count). The summed E-state index contributed by atoms with van der Waals surface area (Å²) in [7, 11) is 0. The number of carboxylic acids is 1. The van der Waals surface area contributed by atoms with Crippen LogP contribution in [0.2, 0.25) is 0 Å². The molecule has 0 saturated carbocycles. The number of amides is 5. The summed E-state index contributed by atoms with van der Waals surface area (Å²) in [6, 6.07) is 5.08. The normalized spacial score (nSPS) is 42.6. The van der Waals surface area contributed by atoms with E-state index in [0.29, 0.717) is 0 Å². The van der Waals surface area contributed by atoms with Gasteiger partial charge in [-0.2, -0.15) is 0 Å². The Morgan fingerprint density at radius 3 is 1.01 bits per heavy atom. The summed E-state index contributed by atoms with van der Waals surface area (Å²) in [4.78, 5) is 92.4. The van der Waals surface area contributed by atoms with Crippen molar-refractivity contribution in [3.63, 3.8) is 0 Å². The Morgan fingerprint density at radius 1 is 0.307 bits per heavy atom. The number of aliphatic hydroxyl groups excluding tert-OH is 24. The molecule has 774 valence electrons. The van der Waals surface area contributed by atoms with E-state index in [1.165, 1.54) is 0 Å². The molecule has 9 saturated heterocycles. The molecule has 0 aromatic heterocycles. The highest BCUT2D eigenvalue weighted by atomic mass is 16.8. The number of carboxylic acid groups (broad SMARTS) is 1. The van der Waals surface area contributed by atoms with Crippen LogP contribution in [0.5, 0.6) is 0 Å². The van der Waals surface area contributed by atoms with E-state index in [4.69, 9.17) is 85.3 Å². The van der Waals surface area contributed by atoms with E-state index in [1.807, 2.05) is 36.4 Å². The van der Waals surface area contributed by atoms with Gasteiger partial charge in [0.15, 0.2) is 50.3 Å². The predicted molar refractivity (Wildman–Crippen MR) is 435 cm³/mol. The first-order valence-electron chi connectivity index (χ1n) is 43.9. The van der Waals surface area contributed by atoms with Crippen LogP contribution in [0.15, 0.2) is 48.5 Å². The van der Waals surface area contributed by atoms with E-state index in [0.717, 1.165) is 49.9 Å². The summed E-state index contributed by atoms with van der Waals surface area (Å²) < 4.78 is 108. The van der Waals surface area contributed by atoms with E-state index >= 15 is 0 Å². The van der Waals surface area contributed by atoms with Crippen molar-refractivity contribution in [2.75, 3.05) is 66.1 Å². The smallest absolute Gasteiger partial charge is 0.407 e. The van der Waals surface area contributed by atoms with Gasteiger partial charge in [0.1, 0.15) is 232 Å². The van der Waals surface area contributed by atoms with E-state index in [9.17, 15) is 161 Å². The lowest BCUT2D eigenvalue weighted by atomic mass is 9.88. The number of carbonyl (C=O) groups excluding carboxylic acids is 6. The monoisotopic (exact) mass is 1980 g/mol. The maximum absolute atomic E-state index is 14.0. The topological polar surface area (TPSA) is 852 Å². The molecular weight excluding hydrogens is 1850 g/mol. The lowest BCUT2D eigenvalue weighted by molar-refractivity contribution is -0.398. The molecule has 0 spiro atoms. The molecule has 137 heavy (non-hydrogen) atoms. The second-order valence-electron chi connectivity index (χ2n) is 34.6. The highest BCUT2D eigenvalue weighted by Crippen LogP contribution is 2.46. The zero-order chi connectivity index (χ0) is 99.9. The minimum Gasteiger partial charge on any atom is -0.480 e. The van der Waals surface area contributed by atoms with Gasteiger partial charge < -0.3 is 240 Å². The molecule has 0 bridgehead atoms. The Hall–Kier alpha value is -6.91. The third-order valence-electron chi connectivity index (χ3n) is 25.3. The number of hydrogen-bond acceptors (Lipinski definition) is 49. The molecule has 20 unspecified atom stereocenters. The molecule has 55 heteroatoms. The van der Waals surface area contributed by atoms with Crippen LogP contribution in [0.4, 0.5) is 4.79 Å². The molecule has 9 aliphatic heterocycles. The summed E-state index contributed by atoms with van der Waals surface area (Å²) >= 11 is 0. The standard InChI is InChI=1S/C82H121N5O50/c1-25(96)83-46-36(14-29(100)13-35(73(117)118)87-82(119)121-23-34-32-11-7-5-9-30(32)31-10-6-8-12-33(31)34)122-41(19-92)66(55(46)106)131-74-47(84-26(2)97)56(107)69(44(22-95)127-74)134-79-65(116)70(135-81-72(62(113)53(104)40(18-91)126-81)137-76-49(86-28(4)99)58(109)68(43(21-94)129-76)133-78-64(115)60(111)51(102)38(16-89)124-78)54(105)45(130-79)24-120-80-71(61(112)52(103)39(17-90)125-80)136-75-48(85-27(3)98)57(108)67(42(20-93)128-75)132-77-63(114)59(110)50(101)37(15-88)123-77/h5-12,34-72,74-81,88-95,101-116H,13-24H2,1-4H3,(H,83,96)(H,84,97)(H,85,98)(H,86,99)(H,87,119)(H,117,118)/t35?,36-,37?,38?,39?,40?,41?,42+,43?,44?,45?,46-,47+,48?,49?,50-,51-,52-,53-,54-,55?,56?,57?,58+,59-,60-,61-,62?,63?,64?,65+,66-,67+,68-,69-,70?,71?,72?,74-,75+,76-,77-,78-,79-,80+,81-/m0/s1. The van der Waals surface area contributed by atoms with Crippen LogP contribution in [-0.4, -0.2) is 517 Å². The second-order valence-corrected chi connectivity index (χ2v) is 34.6. The van der Waals surface area contributed by atoms with Crippen LogP contribution < -0.4 is 26.6 Å². The van der Waals surface area contributed by atoms with Crippen molar-refractivity contribution in [3.8, 4) is 11.1 Å². The minimum atomic E-state index is -2.65. The zero-order valence-corrected chi connectivity index (χ0v) is 73.6. The molecule has 2 aromatic carbocycles. The van der Waals surface area contributed by atoms with Crippen molar-refractivity contribution >= 4 is 41.5 Å². The number of aliphatic hydroxyl groups is 24. The number of alkyl carbamates (subject to hydrolysis) is 1. The first-order valence-corrected chi connectivity index (χ1v) is 43.9. The number of fused-ring (bicyclic) bond motifs is 3. The highest BCUT2D eigenvalue weighted by molar-refractivity contribution is 5.88. The average molecular weight is 1980 g/mol. The van der Waals surface area contributed by atoms with Crippen LogP contribution in [0.1, 0.15) is 57.6 Å². The van der Waals surface area contributed by atoms with E-state index in [2.05, 4.69) is 26.6 Å². The maximum atomic E-state index is 14.0. The van der Waals surface area contributed by atoms with Gasteiger partial charge in [-0.1, -0.05) is 48.5 Å². The van der Waals surface area contributed by atoms with E-state index in [1.54, 1.807) is 12.1 Å². The van der Waals surface area contributed by atoms with Gasteiger partial charge >= 0.3 is 12.1 Å². The summed E-state index contributed by atoms with van der Waals surface area (Å²) in [5.74, 6) is -6.92. The zero-order valence-electron chi connectivity index (χ0n) is 73.6. The summed E-state index contributed by atoms with van der Waals surface area (Å²) in [5, 5.41) is 293. The highest BCUT2D eigenvalue weighted by Gasteiger charge is 2.62. The van der Waals surface area contributed by atoms with Gasteiger partial charge in [0.05, 0.1) is 71.6 Å². The first-order chi connectivity index (χ1) is 65.1. The quantitative estimate of drug-likeness (QED) is 0.0299. The molecule has 5 amide bonds. The SMILES string of the molecule is CC(=O)NC1C(O)[C@H](O[C@@H]2OC(CO)[C@H](O)[C@H](O)C2O)[C@@H](CO)O[C@@H]1OC1[C@H](OCC2O[C@@H](O[C@H]3C(CO)O[C@@H](O[C@H]4C(CO)O[C@@H](CC(=O)CC(NC(=O)OCC5c6ccccc6-c6ccccc65)C(=O)O)[C@H](NC(C)=O)C4O)[C@H](NC(C)=O)C3O)[C@H](O)C(O[C@@H]3OC(CO)[C@H](O)C(O)C3O[C@@H]3OC(CO)[C@H](O[C@@H]4OC(CO)[C@H](O)[C@H](O)C4O)[C@H](O)C3NC(C)=O)[C@H]2O)OC(CO)[C@H](O)[C@@H]1O. The molecule has 9 fully saturated rings. The maximum Gasteiger partial charge on any atom is 0.407 e. The molecule has 2 aromatic rings. The van der Waals surface area contributed by atoms with Crippen molar-refractivity contribution in [1.82, 2.24) is 26.6 Å². The van der Waals surface area contributed by atoms with Crippen LogP contribution >= 0.6 is 0 Å². The number of carbonyl (C=O) groups is 7. The van der Waals surface area contributed by atoms with Gasteiger partial charge in [-0.15, -0.1) is 0 Å². The van der Waals surface area contributed by atoms with Crippen molar-refractivity contribution < 1.29 is 246 Å². The van der Waals surface area contributed by atoms with Gasteiger partial charge in [0, 0.05) is 46.5 Å². The van der Waals surface area contributed by atoms with Crippen LogP contribution in [0.25, 0.3) is 11.1 Å². The number of hydrogen-bond donors (Lipinski definition) is 30. The van der Waals surface area contributed by atoms with Crippen LogP contribution in [0, 0.1) is 0 Å². The number of ether oxygens (including phenoxy) is 18. The first kappa shape index (κ1) is 109. The largest absolute Gasteiger partial charge is 0.480 e. The predicted octanol–water partition coefficient (Wildman–Crippen LogP) is -16.7. The average Bonchev–Trinajstić information content (AvgIpc) is 1.74. The lowest BCUT2D eigenvalue weighted by Crippen LogP contribution is -2.71. The molecule has 46 atom stereocenters. The van der Waals surface area contributed by atoms with Gasteiger partial charge in [-0.25, -0.2) is 9.59 Å². The third-order valence-corrected chi connectivity index (χ3v) is 25.3. The van der Waals surface area contributed by atoms with Crippen LogP contribution in [0.3, 0.4) is 0 Å². The van der Waals surface area contributed by atoms with Gasteiger partial charge in [0.25, 0.3) is 0 Å². The van der Waals surface area contributed by atoms with Gasteiger partial charge in [-0.05, 0) is 22.3 Å². The Kier molecular flexibility index (Phi) is 38.1. The fraction of sp³-hybridized carbons (Fsp3) is 0.768. The summed E-state index contributed by atoms with van der Waals surface area (Å²) in [5.41, 5.74) is 3.45. The minimum absolute atomic E-state index is 0.246. The molecular formula is C82H121N5O50. The lowest BCUT2D eigenvalue weighted by Gasteiger charge is -2.51. The van der Waals surface area contributed by atoms with Crippen molar-refractivity contribution in [1.29, 1.82) is 0 Å².